The Hall–Kier alpha value is -0.910. The molecular weight excluding hydrogens is 336 g/mol. The van der Waals surface area contributed by atoms with E-state index < -0.39 is 0 Å². The van der Waals surface area contributed by atoms with Gasteiger partial charge < -0.3 is 5.32 Å². The third-order valence-electron chi connectivity index (χ3n) is 2.45. The number of nitrogens with zero attached hydrogens (tertiary/aromatic N) is 1. The lowest BCUT2D eigenvalue weighted by atomic mass is 10.2. The first-order valence-corrected chi connectivity index (χ1v) is 7.26. The number of amides is 1. The smallest absolute Gasteiger partial charge is 0.253 e. The molecule has 0 unspecified atom stereocenters. The number of hydrogen-bond acceptors (Lipinski definition) is 3. The van der Waals surface area contributed by atoms with Gasteiger partial charge in [-0.25, -0.2) is 4.98 Å². The fourth-order valence-electron chi connectivity index (χ4n) is 1.43. The highest BCUT2D eigenvalue weighted by atomic mass is 79.9. The zero-order valence-electron chi connectivity index (χ0n) is 9.54. The van der Waals surface area contributed by atoms with Gasteiger partial charge in [0.1, 0.15) is 0 Å². The van der Waals surface area contributed by atoms with Gasteiger partial charge in [0.2, 0.25) is 0 Å². The minimum atomic E-state index is -0.186. The number of rotatable bonds is 3. The van der Waals surface area contributed by atoms with Crippen LogP contribution in [-0.2, 0) is 6.54 Å². The first-order valence-electron chi connectivity index (χ1n) is 5.20. The zero-order valence-corrected chi connectivity index (χ0v) is 12.7. The zero-order chi connectivity index (χ0) is 13.1. The monoisotopic (exact) mass is 344 g/mol. The molecule has 0 spiro atoms. The third kappa shape index (κ3) is 2.91. The van der Waals surface area contributed by atoms with Gasteiger partial charge in [0, 0.05) is 9.35 Å². The van der Waals surface area contributed by atoms with E-state index in [0.29, 0.717) is 21.6 Å². The van der Waals surface area contributed by atoms with Crippen molar-refractivity contribution in [1.29, 1.82) is 0 Å². The number of benzene rings is 1. The summed E-state index contributed by atoms with van der Waals surface area (Å²) < 4.78 is 0.714. The van der Waals surface area contributed by atoms with Crippen LogP contribution in [0.15, 0.2) is 28.2 Å². The molecule has 1 aromatic carbocycles. The van der Waals surface area contributed by atoms with E-state index in [2.05, 4.69) is 26.2 Å². The Morgan fingerprint density at radius 2 is 2.33 bits per heavy atom. The van der Waals surface area contributed by atoms with Crippen molar-refractivity contribution in [3.8, 4) is 0 Å². The van der Waals surface area contributed by atoms with Crippen molar-refractivity contribution in [2.75, 3.05) is 0 Å². The predicted molar refractivity (Wildman–Crippen MR) is 77.2 cm³/mol. The summed E-state index contributed by atoms with van der Waals surface area (Å²) in [6, 6.07) is 5.28. The molecule has 2 aromatic rings. The summed E-state index contributed by atoms with van der Waals surface area (Å²) in [4.78, 5) is 17.2. The summed E-state index contributed by atoms with van der Waals surface area (Å²) in [6.45, 7) is 2.39. The van der Waals surface area contributed by atoms with E-state index in [-0.39, 0.29) is 5.91 Å². The maximum atomic E-state index is 12.0. The normalized spacial score (nSPS) is 10.4. The highest BCUT2D eigenvalue weighted by molar-refractivity contribution is 9.10. The second kappa shape index (κ2) is 5.82. The molecule has 3 nitrogen and oxygen atoms in total. The molecule has 6 heteroatoms. The molecule has 0 aliphatic rings. The Morgan fingerprint density at radius 3 is 3.00 bits per heavy atom. The van der Waals surface area contributed by atoms with Gasteiger partial charge in [-0.2, -0.15) is 0 Å². The summed E-state index contributed by atoms with van der Waals surface area (Å²) >= 11 is 10.9. The van der Waals surface area contributed by atoms with Gasteiger partial charge in [-0.3, -0.25) is 4.79 Å². The van der Waals surface area contributed by atoms with Crippen LogP contribution in [0.5, 0.6) is 0 Å². The van der Waals surface area contributed by atoms with Gasteiger partial charge >= 0.3 is 0 Å². The van der Waals surface area contributed by atoms with Crippen LogP contribution >= 0.6 is 38.9 Å². The Balaban J connectivity index is 2.09. The number of aryl methyl sites for hydroxylation is 1. The average molecular weight is 346 g/mol. The lowest BCUT2D eigenvalue weighted by molar-refractivity contribution is 0.0951. The van der Waals surface area contributed by atoms with Crippen LogP contribution in [0.4, 0.5) is 0 Å². The fraction of sp³-hybridized carbons (Fsp3) is 0.167. The molecule has 1 amide bonds. The van der Waals surface area contributed by atoms with Crippen LogP contribution in [0, 0.1) is 6.92 Å². The van der Waals surface area contributed by atoms with Crippen molar-refractivity contribution < 1.29 is 4.79 Å². The van der Waals surface area contributed by atoms with E-state index in [4.69, 9.17) is 11.6 Å². The molecule has 0 fully saturated rings. The van der Waals surface area contributed by atoms with E-state index in [1.54, 1.807) is 23.7 Å². The summed E-state index contributed by atoms with van der Waals surface area (Å²) in [5.74, 6) is -0.186. The van der Waals surface area contributed by atoms with Gasteiger partial charge in [0.25, 0.3) is 5.91 Å². The number of halogens is 2. The summed E-state index contributed by atoms with van der Waals surface area (Å²) in [5.41, 5.74) is 3.18. The summed E-state index contributed by atoms with van der Waals surface area (Å²) in [6.07, 6.45) is 0. The molecule has 0 atom stereocenters. The number of carbonyl (C=O) groups is 1. The van der Waals surface area contributed by atoms with Gasteiger partial charge in [-0.1, -0.05) is 17.7 Å². The third-order valence-corrected chi connectivity index (χ3v) is 4.68. The van der Waals surface area contributed by atoms with Gasteiger partial charge in [-0.15, -0.1) is 11.3 Å². The maximum Gasteiger partial charge on any atom is 0.253 e. The highest BCUT2D eigenvalue weighted by Crippen LogP contribution is 2.26. The van der Waals surface area contributed by atoms with E-state index in [1.807, 2.05) is 6.92 Å². The molecule has 1 N–H and O–H groups in total. The minimum absolute atomic E-state index is 0.186. The van der Waals surface area contributed by atoms with Crippen LogP contribution in [0.1, 0.15) is 20.9 Å². The van der Waals surface area contributed by atoms with E-state index >= 15 is 0 Å². The van der Waals surface area contributed by atoms with Crippen LogP contribution in [0.25, 0.3) is 0 Å². The number of thiazole rings is 1. The van der Waals surface area contributed by atoms with Crippen LogP contribution in [0.3, 0.4) is 0 Å². The molecule has 0 saturated carbocycles. The molecule has 1 heterocycles. The molecule has 94 valence electrons. The molecule has 0 radical (unpaired) electrons. The summed E-state index contributed by atoms with van der Waals surface area (Å²) in [7, 11) is 0. The Kier molecular flexibility index (Phi) is 4.37. The topological polar surface area (TPSA) is 42.0 Å². The van der Waals surface area contributed by atoms with Crippen molar-refractivity contribution in [2.24, 2.45) is 0 Å². The Bertz CT molecular complexity index is 585. The molecule has 0 bridgehead atoms. The minimum Gasteiger partial charge on any atom is -0.347 e. The lowest BCUT2D eigenvalue weighted by Gasteiger charge is -2.07. The average Bonchev–Trinajstić information content (AvgIpc) is 2.75. The predicted octanol–water partition coefficient (Wildman–Crippen LogP) is 3.80. The van der Waals surface area contributed by atoms with Crippen molar-refractivity contribution in [1.82, 2.24) is 10.3 Å². The second-order valence-corrected chi connectivity index (χ2v) is 5.82. The number of carbonyl (C=O) groups excluding carboxylic acids is 1. The van der Waals surface area contributed by atoms with Gasteiger partial charge in [-0.05, 0) is 35.0 Å². The van der Waals surface area contributed by atoms with Crippen LogP contribution < -0.4 is 5.32 Å². The quantitative estimate of drug-likeness (QED) is 0.919. The lowest BCUT2D eigenvalue weighted by Crippen LogP contribution is -2.23. The SMILES string of the molecule is Cc1ncsc1CNC(=O)c1cccc(Br)c1Cl. The van der Waals surface area contributed by atoms with Crippen LogP contribution in [-0.4, -0.2) is 10.9 Å². The van der Waals surface area contributed by atoms with Gasteiger partial charge in [0.15, 0.2) is 0 Å². The summed E-state index contributed by atoms with van der Waals surface area (Å²) in [5, 5.41) is 3.26. The van der Waals surface area contributed by atoms with Crippen molar-refractivity contribution in [2.45, 2.75) is 13.5 Å². The van der Waals surface area contributed by atoms with E-state index in [0.717, 1.165) is 10.6 Å². The van der Waals surface area contributed by atoms with E-state index in [9.17, 15) is 4.79 Å². The largest absolute Gasteiger partial charge is 0.347 e. The molecule has 0 aliphatic carbocycles. The number of nitrogens with one attached hydrogen (secondary N) is 1. The highest BCUT2D eigenvalue weighted by Gasteiger charge is 2.12. The first kappa shape index (κ1) is 13.5. The molecule has 18 heavy (non-hydrogen) atoms. The Morgan fingerprint density at radius 1 is 1.56 bits per heavy atom. The standard InChI is InChI=1S/C12H10BrClN2OS/c1-7-10(18-6-16-7)5-15-12(17)8-3-2-4-9(13)11(8)14/h2-4,6H,5H2,1H3,(H,15,17). The number of hydrogen-bond donors (Lipinski definition) is 1. The molecule has 0 aliphatic heterocycles. The molecule has 1 aromatic heterocycles. The number of aromatic nitrogens is 1. The van der Waals surface area contributed by atoms with Gasteiger partial charge in [0.05, 0.1) is 28.3 Å². The van der Waals surface area contributed by atoms with Crippen molar-refractivity contribution in [3.05, 3.63) is 49.3 Å². The maximum absolute atomic E-state index is 12.0. The van der Waals surface area contributed by atoms with Crippen molar-refractivity contribution in [3.63, 3.8) is 0 Å². The first-order chi connectivity index (χ1) is 8.59. The van der Waals surface area contributed by atoms with Crippen LogP contribution in [0.2, 0.25) is 5.02 Å². The van der Waals surface area contributed by atoms with E-state index in [1.165, 1.54) is 11.3 Å². The molecule has 2 rings (SSSR count). The second-order valence-electron chi connectivity index (χ2n) is 3.65. The molecule has 0 saturated heterocycles. The van der Waals surface area contributed by atoms with Crippen molar-refractivity contribution >= 4 is 44.8 Å². The fourth-order valence-corrected chi connectivity index (χ4v) is 2.73. The Labute approximate surface area is 122 Å². The molecular formula is C12H10BrClN2OS.